The van der Waals surface area contributed by atoms with E-state index in [0.29, 0.717) is 11.4 Å². The van der Waals surface area contributed by atoms with Gasteiger partial charge in [-0.2, -0.15) is 0 Å². The van der Waals surface area contributed by atoms with Gasteiger partial charge in [-0.3, -0.25) is 14.9 Å². The Kier molecular flexibility index (Phi) is 5.45. The number of esters is 1. The highest BCUT2D eigenvalue weighted by Crippen LogP contribution is 2.22. The van der Waals surface area contributed by atoms with Gasteiger partial charge in [-0.1, -0.05) is 12.1 Å². The molecule has 0 radical (unpaired) electrons. The van der Waals surface area contributed by atoms with E-state index in [1.165, 1.54) is 31.4 Å². The van der Waals surface area contributed by atoms with Crippen molar-refractivity contribution in [2.75, 3.05) is 19.0 Å². The van der Waals surface area contributed by atoms with Crippen molar-refractivity contribution in [3.8, 4) is 5.75 Å². The van der Waals surface area contributed by atoms with Crippen LogP contribution in [0.15, 0.2) is 48.5 Å². The molecule has 2 aromatic carbocycles. The van der Waals surface area contributed by atoms with E-state index in [1.807, 2.05) is 0 Å². The van der Waals surface area contributed by atoms with E-state index in [-0.39, 0.29) is 11.3 Å². The third kappa shape index (κ3) is 4.29. The lowest BCUT2D eigenvalue weighted by atomic mass is 10.2. The second kappa shape index (κ2) is 7.73. The lowest BCUT2D eigenvalue weighted by Gasteiger charge is -2.10. The quantitative estimate of drug-likeness (QED) is 0.495. The average molecular weight is 330 g/mol. The maximum atomic E-state index is 11.8. The summed E-state index contributed by atoms with van der Waals surface area (Å²) in [7, 11) is 1.47. The molecule has 8 nitrogen and oxygen atoms in total. The van der Waals surface area contributed by atoms with Gasteiger partial charge in [-0.25, -0.2) is 4.79 Å². The van der Waals surface area contributed by atoms with Crippen molar-refractivity contribution in [2.24, 2.45) is 0 Å². The molecule has 0 spiro atoms. The fourth-order valence-corrected chi connectivity index (χ4v) is 1.87. The Labute approximate surface area is 137 Å². The standard InChI is InChI=1S/C16H14N2O6/c1-23-14-5-3-2-4-13(14)17-15(19)10-24-16(20)11-6-8-12(9-7-11)18(21)22/h2-9H,10H2,1H3,(H,17,19). The number of benzene rings is 2. The number of anilines is 1. The molecule has 0 aliphatic carbocycles. The minimum Gasteiger partial charge on any atom is -0.495 e. The maximum absolute atomic E-state index is 11.8. The largest absolute Gasteiger partial charge is 0.495 e. The number of nitrogens with one attached hydrogen (secondary N) is 1. The molecule has 0 saturated heterocycles. The number of carbonyl (C=O) groups is 2. The van der Waals surface area contributed by atoms with Gasteiger partial charge >= 0.3 is 5.97 Å². The third-order valence-corrected chi connectivity index (χ3v) is 3.03. The molecule has 0 unspecified atom stereocenters. The second-order valence-electron chi connectivity index (χ2n) is 4.63. The van der Waals surface area contributed by atoms with Gasteiger partial charge in [-0.05, 0) is 24.3 Å². The zero-order chi connectivity index (χ0) is 17.5. The van der Waals surface area contributed by atoms with Crippen LogP contribution in [-0.4, -0.2) is 30.5 Å². The normalized spacial score (nSPS) is 9.88. The molecule has 2 aromatic rings. The molecule has 0 aliphatic rings. The minimum atomic E-state index is -0.750. The van der Waals surface area contributed by atoms with E-state index >= 15 is 0 Å². The Morgan fingerprint density at radius 3 is 2.42 bits per heavy atom. The summed E-state index contributed by atoms with van der Waals surface area (Å²) in [5, 5.41) is 13.1. The fraction of sp³-hybridized carbons (Fsp3) is 0.125. The first-order valence-corrected chi connectivity index (χ1v) is 6.85. The van der Waals surface area contributed by atoms with E-state index in [4.69, 9.17) is 9.47 Å². The lowest BCUT2D eigenvalue weighted by Crippen LogP contribution is -2.21. The second-order valence-corrected chi connectivity index (χ2v) is 4.63. The topological polar surface area (TPSA) is 108 Å². The van der Waals surface area contributed by atoms with Gasteiger partial charge in [0.1, 0.15) is 5.75 Å². The van der Waals surface area contributed by atoms with Crippen LogP contribution < -0.4 is 10.1 Å². The Hall–Kier alpha value is -3.42. The van der Waals surface area contributed by atoms with Gasteiger partial charge in [-0.15, -0.1) is 0 Å². The van der Waals surface area contributed by atoms with Crippen LogP contribution in [-0.2, 0) is 9.53 Å². The number of hydrogen-bond donors (Lipinski definition) is 1. The average Bonchev–Trinajstić information content (AvgIpc) is 2.60. The molecule has 2 rings (SSSR count). The predicted octanol–water partition coefficient (Wildman–Crippen LogP) is 2.40. The predicted molar refractivity (Wildman–Crippen MR) is 85.0 cm³/mol. The van der Waals surface area contributed by atoms with Crippen molar-refractivity contribution in [3.63, 3.8) is 0 Å². The van der Waals surface area contributed by atoms with E-state index in [1.54, 1.807) is 24.3 Å². The van der Waals surface area contributed by atoms with Gasteiger partial charge in [0.2, 0.25) is 0 Å². The van der Waals surface area contributed by atoms with Crippen molar-refractivity contribution in [2.45, 2.75) is 0 Å². The molecule has 0 atom stereocenters. The molecular weight excluding hydrogens is 316 g/mol. The molecule has 1 N–H and O–H groups in total. The highest BCUT2D eigenvalue weighted by atomic mass is 16.6. The molecule has 0 aliphatic heterocycles. The Morgan fingerprint density at radius 1 is 1.12 bits per heavy atom. The maximum Gasteiger partial charge on any atom is 0.338 e. The van der Waals surface area contributed by atoms with Crippen LogP contribution in [0.2, 0.25) is 0 Å². The first-order valence-electron chi connectivity index (χ1n) is 6.85. The number of non-ortho nitro benzene ring substituents is 1. The smallest absolute Gasteiger partial charge is 0.338 e. The Morgan fingerprint density at radius 2 is 1.79 bits per heavy atom. The Bertz CT molecular complexity index is 757. The number of nitro groups is 1. The zero-order valence-corrected chi connectivity index (χ0v) is 12.7. The number of carbonyl (C=O) groups excluding carboxylic acids is 2. The SMILES string of the molecule is COc1ccccc1NC(=O)COC(=O)c1ccc([N+](=O)[O-])cc1. The van der Waals surface area contributed by atoms with Gasteiger partial charge in [0, 0.05) is 12.1 Å². The number of hydrogen-bond acceptors (Lipinski definition) is 6. The molecule has 0 heterocycles. The molecule has 8 heteroatoms. The fourth-order valence-electron chi connectivity index (χ4n) is 1.87. The summed E-state index contributed by atoms with van der Waals surface area (Å²) in [6, 6.07) is 11.7. The number of methoxy groups -OCH3 is 1. The molecule has 124 valence electrons. The highest BCUT2D eigenvalue weighted by Gasteiger charge is 2.13. The van der Waals surface area contributed by atoms with Crippen LogP contribution in [0.5, 0.6) is 5.75 Å². The summed E-state index contributed by atoms with van der Waals surface area (Å²) in [5.74, 6) is -0.803. The molecule has 0 bridgehead atoms. The molecule has 0 aromatic heterocycles. The van der Waals surface area contributed by atoms with Crippen LogP contribution in [0.25, 0.3) is 0 Å². The van der Waals surface area contributed by atoms with E-state index < -0.39 is 23.4 Å². The van der Waals surface area contributed by atoms with Crippen molar-refractivity contribution in [3.05, 3.63) is 64.2 Å². The van der Waals surface area contributed by atoms with Crippen molar-refractivity contribution >= 4 is 23.3 Å². The number of ether oxygens (including phenoxy) is 2. The third-order valence-electron chi connectivity index (χ3n) is 3.03. The zero-order valence-electron chi connectivity index (χ0n) is 12.7. The number of para-hydroxylation sites is 2. The lowest BCUT2D eigenvalue weighted by molar-refractivity contribution is -0.384. The summed E-state index contributed by atoms with van der Waals surface area (Å²) >= 11 is 0. The van der Waals surface area contributed by atoms with Crippen molar-refractivity contribution in [1.29, 1.82) is 0 Å². The van der Waals surface area contributed by atoms with Gasteiger partial charge < -0.3 is 14.8 Å². The van der Waals surface area contributed by atoms with Gasteiger partial charge in [0.05, 0.1) is 23.3 Å². The van der Waals surface area contributed by atoms with Crippen LogP contribution in [0.4, 0.5) is 11.4 Å². The van der Waals surface area contributed by atoms with Crippen LogP contribution in [0.3, 0.4) is 0 Å². The Balaban J connectivity index is 1.91. The molecule has 0 saturated carbocycles. The first kappa shape index (κ1) is 16.9. The number of amides is 1. The van der Waals surface area contributed by atoms with Crippen LogP contribution in [0, 0.1) is 10.1 Å². The van der Waals surface area contributed by atoms with Crippen LogP contribution in [0.1, 0.15) is 10.4 Å². The molecular formula is C16H14N2O6. The molecule has 24 heavy (non-hydrogen) atoms. The summed E-state index contributed by atoms with van der Waals surface area (Å²) in [4.78, 5) is 33.6. The summed E-state index contributed by atoms with van der Waals surface area (Å²) in [6.45, 7) is -0.492. The number of rotatable bonds is 6. The number of nitro benzene ring substituents is 1. The molecule has 1 amide bonds. The van der Waals surface area contributed by atoms with Gasteiger partial charge in [0.25, 0.3) is 11.6 Å². The van der Waals surface area contributed by atoms with E-state index in [2.05, 4.69) is 5.32 Å². The molecule has 0 fully saturated rings. The highest BCUT2D eigenvalue weighted by molar-refractivity contribution is 5.96. The monoisotopic (exact) mass is 330 g/mol. The first-order chi connectivity index (χ1) is 11.5. The minimum absolute atomic E-state index is 0.116. The summed E-state index contributed by atoms with van der Waals surface area (Å²) in [5.41, 5.74) is 0.433. The summed E-state index contributed by atoms with van der Waals surface area (Å²) in [6.07, 6.45) is 0. The van der Waals surface area contributed by atoms with Gasteiger partial charge in [0.15, 0.2) is 6.61 Å². The van der Waals surface area contributed by atoms with Crippen molar-refractivity contribution in [1.82, 2.24) is 0 Å². The number of nitrogens with zero attached hydrogens (tertiary/aromatic N) is 1. The van der Waals surface area contributed by atoms with Crippen molar-refractivity contribution < 1.29 is 24.0 Å². The summed E-state index contributed by atoms with van der Waals surface area (Å²) < 4.78 is 9.97. The van der Waals surface area contributed by atoms with E-state index in [0.717, 1.165) is 0 Å². The van der Waals surface area contributed by atoms with Crippen LogP contribution >= 0.6 is 0 Å². The van der Waals surface area contributed by atoms with E-state index in [9.17, 15) is 19.7 Å².